The van der Waals surface area contributed by atoms with Crippen molar-refractivity contribution in [2.75, 3.05) is 37.6 Å². The van der Waals surface area contributed by atoms with Crippen molar-refractivity contribution in [2.24, 2.45) is 5.92 Å². The van der Waals surface area contributed by atoms with Gasteiger partial charge in [-0.3, -0.25) is 4.90 Å². The predicted molar refractivity (Wildman–Crippen MR) is 95.0 cm³/mol. The Hall–Kier alpha value is -1.95. The maximum Gasteiger partial charge on any atom is 0.259 e. The molecule has 1 saturated heterocycles. The van der Waals surface area contributed by atoms with Crippen molar-refractivity contribution in [3.05, 3.63) is 24.2 Å². The number of rotatable bonds is 6. The molecule has 3 rings (SSSR count). The molecular weight excluding hydrogens is 302 g/mol. The Balaban J connectivity index is 1.62. The van der Waals surface area contributed by atoms with E-state index in [1.807, 2.05) is 12.3 Å². The van der Waals surface area contributed by atoms with Crippen molar-refractivity contribution in [1.29, 1.82) is 0 Å². The van der Waals surface area contributed by atoms with Crippen LogP contribution < -0.4 is 4.90 Å². The third-order valence-corrected chi connectivity index (χ3v) is 4.29. The fraction of sp³-hybridized carbons (Fsp3) is 0.611. The summed E-state index contributed by atoms with van der Waals surface area (Å²) >= 11 is 0. The van der Waals surface area contributed by atoms with E-state index in [1.54, 1.807) is 0 Å². The number of hydrogen-bond acceptors (Lipinski definition) is 6. The van der Waals surface area contributed by atoms with Crippen LogP contribution in [0.2, 0.25) is 0 Å². The Labute approximate surface area is 143 Å². The van der Waals surface area contributed by atoms with Crippen LogP contribution in [0.1, 0.15) is 33.0 Å². The van der Waals surface area contributed by atoms with Crippen molar-refractivity contribution in [1.82, 2.24) is 20.0 Å². The van der Waals surface area contributed by atoms with Crippen LogP contribution in [-0.4, -0.2) is 52.7 Å². The van der Waals surface area contributed by atoms with E-state index in [0.29, 0.717) is 11.8 Å². The SMILES string of the molecule is CCCN1CCN(c2ccc(-c3nc(CC(C)C)no3)cn2)CC1. The zero-order valence-electron chi connectivity index (χ0n) is 14.9. The van der Waals surface area contributed by atoms with Crippen molar-refractivity contribution in [3.8, 4) is 11.5 Å². The van der Waals surface area contributed by atoms with Gasteiger partial charge >= 0.3 is 0 Å². The molecule has 0 N–H and O–H groups in total. The fourth-order valence-corrected chi connectivity index (χ4v) is 3.04. The van der Waals surface area contributed by atoms with Gasteiger partial charge in [-0.05, 0) is 31.0 Å². The number of piperazine rings is 1. The van der Waals surface area contributed by atoms with Gasteiger partial charge in [0.1, 0.15) is 5.82 Å². The summed E-state index contributed by atoms with van der Waals surface area (Å²) in [7, 11) is 0. The molecule has 0 radical (unpaired) electrons. The Morgan fingerprint density at radius 2 is 1.96 bits per heavy atom. The Bertz CT molecular complexity index is 629. The maximum absolute atomic E-state index is 5.36. The van der Waals surface area contributed by atoms with Crippen molar-refractivity contribution < 1.29 is 4.52 Å². The molecule has 1 aliphatic heterocycles. The van der Waals surface area contributed by atoms with E-state index in [1.165, 1.54) is 13.0 Å². The molecule has 3 heterocycles. The number of anilines is 1. The summed E-state index contributed by atoms with van der Waals surface area (Å²) in [6.45, 7) is 12.0. The minimum Gasteiger partial charge on any atom is -0.354 e. The Morgan fingerprint density at radius 1 is 1.17 bits per heavy atom. The van der Waals surface area contributed by atoms with Crippen LogP contribution in [0.25, 0.3) is 11.5 Å². The Kier molecular flexibility index (Phi) is 5.45. The lowest BCUT2D eigenvalue weighted by atomic mass is 10.1. The summed E-state index contributed by atoms with van der Waals surface area (Å²) in [5.74, 6) is 2.85. The van der Waals surface area contributed by atoms with Crippen LogP contribution in [0.4, 0.5) is 5.82 Å². The van der Waals surface area contributed by atoms with Crippen LogP contribution >= 0.6 is 0 Å². The van der Waals surface area contributed by atoms with Gasteiger partial charge in [0, 0.05) is 38.8 Å². The van der Waals surface area contributed by atoms with Crippen LogP contribution in [0.5, 0.6) is 0 Å². The van der Waals surface area contributed by atoms with Gasteiger partial charge in [0.25, 0.3) is 5.89 Å². The summed E-state index contributed by atoms with van der Waals surface area (Å²) in [4.78, 5) is 13.9. The third kappa shape index (κ3) is 4.12. The lowest BCUT2D eigenvalue weighted by molar-refractivity contribution is 0.258. The summed E-state index contributed by atoms with van der Waals surface area (Å²) < 4.78 is 5.36. The third-order valence-electron chi connectivity index (χ3n) is 4.29. The monoisotopic (exact) mass is 329 g/mol. The molecule has 0 saturated carbocycles. The second kappa shape index (κ2) is 7.75. The maximum atomic E-state index is 5.36. The van der Waals surface area contributed by atoms with E-state index in [-0.39, 0.29) is 0 Å². The highest BCUT2D eigenvalue weighted by molar-refractivity contribution is 5.54. The summed E-state index contributed by atoms with van der Waals surface area (Å²) in [5, 5.41) is 4.04. The van der Waals surface area contributed by atoms with Gasteiger partial charge < -0.3 is 9.42 Å². The fourth-order valence-electron chi connectivity index (χ4n) is 3.04. The highest BCUT2D eigenvalue weighted by atomic mass is 16.5. The van der Waals surface area contributed by atoms with Crippen molar-refractivity contribution >= 4 is 5.82 Å². The normalized spacial score (nSPS) is 16.1. The van der Waals surface area contributed by atoms with E-state index >= 15 is 0 Å². The zero-order chi connectivity index (χ0) is 16.9. The molecule has 0 unspecified atom stereocenters. The van der Waals surface area contributed by atoms with Gasteiger partial charge in [-0.25, -0.2) is 4.98 Å². The lowest BCUT2D eigenvalue weighted by Crippen LogP contribution is -2.46. The van der Waals surface area contributed by atoms with Crippen LogP contribution in [0.15, 0.2) is 22.9 Å². The van der Waals surface area contributed by atoms with Crippen LogP contribution in [0, 0.1) is 5.92 Å². The predicted octanol–water partition coefficient (Wildman–Crippen LogP) is 2.86. The topological polar surface area (TPSA) is 58.3 Å². The Morgan fingerprint density at radius 3 is 2.58 bits per heavy atom. The molecule has 0 spiro atoms. The molecule has 6 heteroatoms. The van der Waals surface area contributed by atoms with Gasteiger partial charge in [0.05, 0.1) is 5.56 Å². The van der Waals surface area contributed by atoms with Gasteiger partial charge in [-0.15, -0.1) is 0 Å². The molecule has 0 bridgehead atoms. The first-order chi connectivity index (χ1) is 11.7. The minimum atomic E-state index is 0.516. The van der Waals surface area contributed by atoms with E-state index in [0.717, 1.165) is 49.8 Å². The van der Waals surface area contributed by atoms with Gasteiger partial charge in [-0.1, -0.05) is 25.9 Å². The second-order valence-electron chi connectivity index (χ2n) is 6.85. The van der Waals surface area contributed by atoms with E-state index in [9.17, 15) is 0 Å². The van der Waals surface area contributed by atoms with E-state index in [2.05, 4.69) is 51.8 Å². The molecule has 0 aromatic carbocycles. The summed E-state index contributed by atoms with van der Waals surface area (Å²) in [5.41, 5.74) is 0.880. The first-order valence-electron chi connectivity index (χ1n) is 8.92. The summed E-state index contributed by atoms with van der Waals surface area (Å²) in [6.07, 6.45) is 3.88. The molecule has 1 fully saturated rings. The molecule has 24 heavy (non-hydrogen) atoms. The standard InChI is InChI=1S/C18H27N5O/c1-4-7-22-8-10-23(11-9-22)17-6-5-15(13-19-17)18-20-16(21-24-18)12-14(2)3/h5-6,13-14H,4,7-12H2,1-3H3. The van der Waals surface area contributed by atoms with E-state index in [4.69, 9.17) is 4.52 Å². The largest absolute Gasteiger partial charge is 0.354 e. The second-order valence-corrected chi connectivity index (χ2v) is 6.85. The molecule has 0 atom stereocenters. The van der Waals surface area contributed by atoms with Crippen LogP contribution in [-0.2, 0) is 6.42 Å². The molecule has 0 amide bonds. The van der Waals surface area contributed by atoms with Crippen LogP contribution in [0.3, 0.4) is 0 Å². The highest BCUT2D eigenvalue weighted by Gasteiger charge is 2.18. The summed E-state index contributed by atoms with van der Waals surface area (Å²) in [6, 6.07) is 4.07. The van der Waals surface area contributed by atoms with Gasteiger partial charge in [0.15, 0.2) is 5.82 Å². The molecular formula is C18H27N5O. The van der Waals surface area contributed by atoms with Crippen molar-refractivity contribution in [2.45, 2.75) is 33.6 Å². The lowest BCUT2D eigenvalue weighted by Gasteiger charge is -2.35. The quantitative estimate of drug-likeness (QED) is 0.812. The number of pyridine rings is 1. The zero-order valence-corrected chi connectivity index (χ0v) is 14.9. The van der Waals surface area contributed by atoms with Crippen molar-refractivity contribution in [3.63, 3.8) is 0 Å². The molecule has 0 aliphatic carbocycles. The molecule has 2 aromatic rings. The number of hydrogen-bond donors (Lipinski definition) is 0. The average molecular weight is 329 g/mol. The molecule has 2 aromatic heterocycles. The molecule has 1 aliphatic rings. The first kappa shape index (κ1) is 16.9. The van der Waals surface area contributed by atoms with Gasteiger partial charge in [0.2, 0.25) is 0 Å². The first-order valence-corrected chi connectivity index (χ1v) is 8.92. The minimum absolute atomic E-state index is 0.516. The van der Waals surface area contributed by atoms with Gasteiger partial charge in [-0.2, -0.15) is 4.98 Å². The molecule has 130 valence electrons. The smallest absolute Gasteiger partial charge is 0.259 e. The molecule has 6 nitrogen and oxygen atoms in total. The number of nitrogens with zero attached hydrogens (tertiary/aromatic N) is 5. The average Bonchev–Trinajstić information content (AvgIpc) is 3.04. The number of aromatic nitrogens is 3. The highest BCUT2D eigenvalue weighted by Crippen LogP contribution is 2.21. The van der Waals surface area contributed by atoms with E-state index < -0.39 is 0 Å².